The number of para-hydroxylation sites is 1. The molecule has 2 aromatic rings. The van der Waals surface area contributed by atoms with Gasteiger partial charge in [0.2, 0.25) is 0 Å². The monoisotopic (exact) mass is 327 g/mol. The second kappa shape index (κ2) is 5.49. The van der Waals surface area contributed by atoms with Crippen molar-refractivity contribution in [1.82, 2.24) is 4.98 Å². The van der Waals surface area contributed by atoms with Gasteiger partial charge in [-0.05, 0) is 35.0 Å². The molecule has 0 saturated carbocycles. The molecule has 0 unspecified atom stereocenters. The van der Waals surface area contributed by atoms with Crippen LogP contribution in [-0.2, 0) is 6.61 Å². The van der Waals surface area contributed by atoms with Gasteiger partial charge in [0.1, 0.15) is 22.9 Å². The van der Waals surface area contributed by atoms with Crippen LogP contribution in [0, 0.1) is 6.92 Å². The molecule has 0 amide bonds. The van der Waals surface area contributed by atoms with Crippen molar-refractivity contribution in [2.75, 3.05) is 0 Å². The number of nitrogens with zero attached hydrogens (tertiary/aromatic N) is 1. The summed E-state index contributed by atoms with van der Waals surface area (Å²) in [6.45, 7) is 2.17. The highest BCUT2D eigenvalue weighted by Gasteiger charge is 2.14. The van der Waals surface area contributed by atoms with Crippen molar-refractivity contribution in [2.45, 2.75) is 13.5 Å². The molecule has 0 atom stereocenters. The van der Waals surface area contributed by atoms with E-state index in [0.29, 0.717) is 10.2 Å². The SMILES string of the molecule is Cc1csc(COc2c(Br)cccc2C(=O)O)n1. The van der Waals surface area contributed by atoms with Crippen LogP contribution in [0.1, 0.15) is 21.1 Å². The average Bonchev–Trinajstić information content (AvgIpc) is 2.73. The predicted octanol–water partition coefficient (Wildman–Crippen LogP) is 3.49. The molecule has 1 aromatic heterocycles. The predicted molar refractivity (Wildman–Crippen MR) is 72.3 cm³/mol. The van der Waals surface area contributed by atoms with Crippen LogP contribution in [0.25, 0.3) is 0 Å². The number of carboxylic acids is 1. The zero-order valence-electron chi connectivity index (χ0n) is 9.51. The van der Waals surface area contributed by atoms with E-state index in [0.717, 1.165) is 10.7 Å². The van der Waals surface area contributed by atoms with Crippen LogP contribution in [0.5, 0.6) is 5.75 Å². The van der Waals surface area contributed by atoms with E-state index in [1.807, 2.05) is 12.3 Å². The molecular formula is C12H10BrNO3S. The third-order valence-electron chi connectivity index (χ3n) is 2.20. The molecule has 18 heavy (non-hydrogen) atoms. The number of halogens is 1. The van der Waals surface area contributed by atoms with Gasteiger partial charge in [0.25, 0.3) is 0 Å². The Kier molecular flexibility index (Phi) is 3.98. The second-order valence-electron chi connectivity index (χ2n) is 3.59. The van der Waals surface area contributed by atoms with E-state index < -0.39 is 5.97 Å². The van der Waals surface area contributed by atoms with Gasteiger partial charge in [-0.2, -0.15) is 0 Å². The normalized spacial score (nSPS) is 10.3. The van der Waals surface area contributed by atoms with Crippen molar-refractivity contribution in [3.05, 3.63) is 44.3 Å². The lowest BCUT2D eigenvalue weighted by Gasteiger charge is -2.09. The molecule has 0 aliphatic rings. The first kappa shape index (κ1) is 13.0. The maximum absolute atomic E-state index is 11.1. The molecule has 0 aliphatic carbocycles. The van der Waals surface area contributed by atoms with Crippen molar-refractivity contribution in [3.63, 3.8) is 0 Å². The Morgan fingerprint density at radius 2 is 2.33 bits per heavy atom. The Bertz CT molecular complexity index is 582. The highest BCUT2D eigenvalue weighted by Crippen LogP contribution is 2.30. The fraction of sp³-hybridized carbons (Fsp3) is 0.167. The zero-order chi connectivity index (χ0) is 13.1. The smallest absolute Gasteiger partial charge is 0.339 e. The first-order valence-electron chi connectivity index (χ1n) is 5.13. The molecule has 6 heteroatoms. The Balaban J connectivity index is 2.20. The van der Waals surface area contributed by atoms with Crippen LogP contribution in [0.4, 0.5) is 0 Å². The highest BCUT2D eigenvalue weighted by molar-refractivity contribution is 9.10. The maximum atomic E-state index is 11.1. The fourth-order valence-corrected chi connectivity index (χ4v) is 2.59. The number of thiazole rings is 1. The number of hydrogen-bond acceptors (Lipinski definition) is 4. The summed E-state index contributed by atoms with van der Waals surface area (Å²) >= 11 is 4.78. The van der Waals surface area contributed by atoms with Gasteiger partial charge in [-0.3, -0.25) is 0 Å². The Morgan fingerprint density at radius 3 is 2.94 bits per heavy atom. The molecule has 1 aromatic carbocycles. The van der Waals surface area contributed by atoms with E-state index in [9.17, 15) is 4.79 Å². The summed E-state index contributed by atoms with van der Waals surface area (Å²) in [6.07, 6.45) is 0. The molecule has 1 heterocycles. The number of aromatic nitrogens is 1. The highest BCUT2D eigenvalue weighted by atomic mass is 79.9. The fourth-order valence-electron chi connectivity index (χ4n) is 1.43. The molecule has 0 spiro atoms. The first-order chi connectivity index (χ1) is 8.58. The molecule has 1 N–H and O–H groups in total. The number of carboxylic acid groups (broad SMARTS) is 1. The zero-order valence-corrected chi connectivity index (χ0v) is 11.9. The number of carbonyl (C=O) groups is 1. The van der Waals surface area contributed by atoms with E-state index >= 15 is 0 Å². The van der Waals surface area contributed by atoms with Crippen molar-refractivity contribution in [3.8, 4) is 5.75 Å². The first-order valence-corrected chi connectivity index (χ1v) is 6.81. The minimum Gasteiger partial charge on any atom is -0.484 e. The van der Waals surface area contributed by atoms with Crippen molar-refractivity contribution in [2.24, 2.45) is 0 Å². The quantitative estimate of drug-likeness (QED) is 0.933. The van der Waals surface area contributed by atoms with Gasteiger partial charge in [0.15, 0.2) is 0 Å². The minimum atomic E-state index is -1.01. The van der Waals surface area contributed by atoms with Crippen LogP contribution in [-0.4, -0.2) is 16.1 Å². The lowest BCUT2D eigenvalue weighted by molar-refractivity contribution is 0.0691. The number of hydrogen-bond donors (Lipinski definition) is 1. The summed E-state index contributed by atoms with van der Waals surface area (Å²) in [6, 6.07) is 4.92. The third-order valence-corrected chi connectivity index (χ3v) is 3.77. The van der Waals surface area contributed by atoms with E-state index in [1.165, 1.54) is 17.4 Å². The molecule has 0 bridgehead atoms. The number of ether oxygens (including phenoxy) is 1. The Labute approximate surface area is 116 Å². The van der Waals surface area contributed by atoms with Crippen molar-refractivity contribution >= 4 is 33.2 Å². The van der Waals surface area contributed by atoms with Gasteiger partial charge < -0.3 is 9.84 Å². The number of aromatic carboxylic acids is 1. The van der Waals surface area contributed by atoms with Crippen molar-refractivity contribution in [1.29, 1.82) is 0 Å². The summed E-state index contributed by atoms with van der Waals surface area (Å²) in [5.41, 5.74) is 1.07. The summed E-state index contributed by atoms with van der Waals surface area (Å²) in [7, 11) is 0. The third kappa shape index (κ3) is 2.88. The minimum absolute atomic E-state index is 0.137. The molecule has 4 nitrogen and oxygen atoms in total. The van der Waals surface area contributed by atoms with E-state index in [4.69, 9.17) is 9.84 Å². The number of benzene rings is 1. The van der Waals surface area contributed by atoms with Crippen molar-refractivity contribution < 1.29 is 14.6 Å². The molecule has 0 aliphatic heterocycles. The van der Waals surface area contributed by atoms with Crippen LogP contribution in [0.15, 0.2) is 28.1 Å². The molecule has 0 saturated heterocycles. The van der Waals surface area contributed by atoms with Crippen LogP contribution in [0.2, 0.25) is 0 Å². The molecular weight excluding hydrogens is 318 g/mol. The van der Waals surface area contributed by atoms with Gasteiger partial charge in [-0.15, -0.1) is 11.3 Å². The number of rotatable bonds is 4. The molecule has 94 valence electrons. The lowest BCUT2D eigenvalue weighted by Crippen LogP contribution is -2.04. The van der Waals surface area contributed by atoms with Gasteiger partial charge in [0, 0.05) is 11.1 Å². The standard InChI is InChI=1S/C12H10BrNO3S/c1-7-6-18-10(14-7)5-17-11-8(12(15)16)3-2-4-9(11)13/h2-4,6H,5H2,1H3,(H,15,16). The van der Waals surface area contributed by atoms with Gasteiger partial charge in [-0.25, -0.2) is 9.78 Å². The molecule has 0 radical (unpaired) electrons. The van der Waals surface area contributed by atoms with Crippen LogP contribution >= 0.6 is 27.3 Å². The lowest BCUT2D eigenvalue weighted by atomic mass is 10.2. The van der Waals surface area contributed by atoms with Gasteiger partial charge >= 0.3 is 5.97 Å². The van der Waals surface area contributed by atoms with E-state index in [2.05, 4.69) is 20.9 Å². The topological polar surface area (TPSA) is 59.4 Å². The van der Waals surface area contributed by atoms with Crippen LogP contribution in [0.3, 0.4) is 0 Å². The summed E-state index contributed by atoms with van der Waals surface area (Å²) in [5, 5.41) is 11.8. The summed E-state index contributed by atoms with van der Waals surface area (Å²) < 4.78 is 6.17. The Morgan fingerprint density at radius 1 is 1.56 bits per heavy atom. The van der Waals surface area contributed by atoms with Gasteiger partial charge in [-0.1, -0.05) is 6.07 Å². The Hall–Kier alpha value is -1.40. The average molecular weight is 328 g/mol. The molecule has 0 fully saturated rings. The van der Waals surface area contributed by atoms with E-state index in [1.54, 1.807) is 12.1 Å². The largest absolute Gasteiger partial charge is 0.484 e. The second-order valence-corrected chi connectivity index (χ2v) is 5.39. The van der Waals surface area contributed by atoms with Gasteiger partial charge in [0.05, 0.1) is 4.47 Å². The molecule has 2 rings (SSSR count). The number of aryl methyl sites for hydroxylation is 1. The maximum Gasteiger partial charge on any atom is 0.339 e. The summed E-state index contributed by atoms with van der Waals surface area (Å²) in [4.78, 5) is 15.3. The van der Waals surface area contributed by atoms with Crippen LogP contribution < -0.4 is 4.74 Å². The van der Waals surface area contributed by atoms with E-state index in [-0.39, 0.29) is 12.2 Å². The summed E-state index contributed by atoms with van der Waals surface area (Å²) in [5.74, 6) is -0.681.